The van der Waals surface area contributed by atoms with Crippen LogP contribution in [0.5, 0.6) is 0 Å². The third-order valence-corrected chi connectivity index (χ3v) is 11.2. The van der Waals surface area contributed by atoms with Crippen LogP contribution in [0.4, 0.5) is 22.7 Å². The standard InChI is InChI=1S/C50H58N8/c1-55(2,3)36-19-13-33(14-20-36)47-39-25-27-41(51-39)48(34-15-21-37(22-16-34)56(4,5)6)43-29-31-45(53-43)50(58(10,11)12)46-32-30-44(54-46)49(42-28-26-40(47)52-42)35-17-23-38(24-18-35)57(7,8)9/h13-32,51,54H,1-12H3/q+4. The Morgan fingerprint density at radius 1 is 0.310 bits per heavy atom. The van der Waals surface area contributed by atoms with E-state index in [1.54, 1.807) is 0 Å². The van der Waals surface area contributed by atoms with E-state index in [1.165, 1.54) is 17.1 Å². The molecule has 6 aromatic rings. The Hall–Kier alpha value is -5.90. The molecule has 8 heteroatoms. The van der Waals surface area contributed by atoms with Crippen molar-refractivity contribution in [1.82, 2.24) is 37.9 Å². The lowest BCUT2D eigenvalue weighted by molar-refractivity contribution is 0.486. The topological polar surface area (TPSA) is 57.4 Å². The van der Waals surface area contributed by atoms with Crippen LogP contribution in [-0.4, -0.2) is 105 Å². The van der Waals surface area contributed by atoms with E-state index in [4.69, 9.17) is 9.97 Å². The van der Waals surface area contributed by atoms with E-state index in [1.807, 2.05) is 0 Å². The fourth-order valence-corrected chi connectivity index (χ4v) is 8.03. The number of hydrogen-bond donors (Lipinski definition) is 2. The van der Waals surface area contributed by atoms with Crippen molar-refractivity contribution in [2.45, 2.75) is 0 Å². The third kappa shape index (κ3) is 7.36. The number of hydrogen-bond acceptors (Lipinski definition) is 2. The normalized spacial score (nSPS) is 13.4. The van der Waals surface area contributed by atoms with Gasteiger partial charge in [0.15, 0.2) is 5.69 Å². The zero-order valence-corrected chi connectivity index (χ0v) is 36.2. The van der Waals surface area contributed by atoms with Crippen molar-refractivity contribution in [3.05, 3.63) is 120 Å². The predicted molar refractivity (Wildman–Crippen MR) is 253 cm³/mol. The van der Waals surface area contributed by atoms with Crippen LogP contribution in [0.25, 0.3) is 79.8 Å². The molecule has 0 spiro atoms. The molecule has 0 radical (unpaired) electrons. The number of aromatic nitrogens is 4. The van der Waals surface area contributed by atoms with Crippen LogP contribution in [0.1, 0.15) is 22.8 Å². The molecule has 0 saturated carbocycles. The SMILES string of the molecule is C[N+](C)(C)c1ccc(-c2c3nc(c(-c4ccc([N+](C)(C)C)cc4)c4ccc([nH]4)c([N+](C)(C)C)c4nc(c(-c5ccc([N+](C)(C)C)cc5)c5ccc2[nH]5)C=C4)C=C3)cc1. The van der Waals surface area contributed by atoms with E-state index in [9.17, 15) is 0 Å². The molecule has 58 heavy (non-hydrogen) atoms. The van der Waals surface area contributed by atoms with Gasteiger partial charge in [-0.2, -0.15) is 0 Å². The second-order valence-electron chi connectivity index (χ2n) is 19.2. The van der Waals surface area contributed by atoms with Crippen molar-refractivity contribution in [2.24, 2.45) is 0 Å². The first-order valence-electron chi connectivity index (χ1n) is 20.0. The minimum atomic E-state index is 0.577. The van der Waals surface area contributed by atoms with Crippen molar-refractivity contribution >= 4 is 69.1 Å². The maximum absolute atomic E-state index is 5.50. The van der Waals surface area contributed by atoms with E-state index >= 15 is 0 Å². The van der Waals surface area contributed by atoms with Gasteiger partial charge in [0.1, 0.15) is 28.3 Å². The average Bonchev–Trinajstić information content (AvgIpc) is 3.98. The molecule has 2 aliphatic heterocycles. The molecule has 2 aliphatic rings. The number of nitrogens with zero attached hydrogens (tertiary/aromatic N) is 6. The zero-order valence-electron chi connectivity index (χ0n) is 36.2. The van der Waals surface area contributed by atoms with Crippen LogP contribution in [0, 0.1) is 0 Å². The van der Waals surface area contributed by atoms with Crippen molar-refractivity contribution in [2.75, 3.05) is 84.6 Å². The maximum atomic E-state index is 5.50. The van der Waals surface area contributed by atoms with Gasteiger partial charge in [-0.25, -0.2) is 9.97 Å². The second kappa shape index (κ2) is 13.9. The lowest BCUT2D eigenvalue weighted by Gasteiger charge is -2.24. The molecule has 0 saturated heterocycles. The number of aromatic amines is 2. The van der Waals surface area contributed by atoms with Crippen LogP contribution in [-0.2, 0) is 0 Å². The first kappa shape index (κ1) is 38.9. The maximum Gasteiger partial charge on any atom is 0.181 e. The molecule has 0 atom stereocenters. The van der Waals surface area contributed by atoms with Gasteiger partial charge < -0.3 is 9.97 Å². The molecule has 3 aromatic heterocycles. The molecule has 8 nitrogen and oxygen atoms in total. The summed E-state index contributed by atoms with van der Waals surface area (Å²) in [5.41, 5.74) is 18.9. The summed E-state index contributed by atoms with van der Waals surface area (Å²) in [5, 5.41) is 0. The highest BCUT2D eigenvalue weighted by Gasteiger charge is 2.25. The van der Waals surface area contributed by atoms with Crippen LogP contribution >= 0.6 is 0 Å². The Kier molecular flexibility index (Phi) is 9.33. The fourth-order valence-electron chi connectivity index (χ4n) is 8.03. The molecule has 5 heterocycles. The Labute approximate surface area is 343 Å². The number of quaternary nitrogens is 4. The summed E-state index contributed by atoms with van der Waals surface area (Å²) < 4.78 is 2.79. The summed E-state index contributed by atoms with van der Waals surface area (Å²) in [7, 11) is 26.4. The molecule has 3 aromatic carbocycles. The van der Waals surface area contributed by atoms with E-state index in [2.05, 4.69) is 216 Å². The number of fused-ring (bicyclic) bond motifs is 8. The summed E-state index contributed by atoms with van der Waals surface area (Å²) in [6.07, 6.45) is 8.68. The summed E-state index contributed by atoms with van der Waals surface area (Å²) >= 11 is 0. The van der Waals surface area contributed by atoms with E-state index in [-0.39, 0.29) is 0 Å². The van der Waals surface area contributed by atoms with Gasteiger partial charge in [-0.15, -0.1) is 0 Å². The van der Waals surface area contributed by atoms with E-state index in [0.717, 1.165) is 97.4 Å². The quantitative estimate of drug-likeness (QED) is 0.159. The molecule has 8 rings (SSSR count). The van der Waals surface area contributed by atoms with Crippen LogP contribution in [0.3, 0.4) is 0 Å². The van der Waals surface area contributed by atoms with Gasteiger partial charge in [-0.3, -0.25) is 17.9 Å². The second-order valence-corrected chi connectivity index (χ2v) is 19.2. The Morgan fingerprint density at radius 2 is 0.586 bits per heavy atom. The van der Waals surface area contributed by atoms with Crippen molar-refractivity contribution in [3.8, 4) is 33.4 Å². The number of rotatable bonds is 7. The summed E-state index contributed by atoms with van der Waals surface area (Å²) in [6, 6.07) is 35.5. The van der Waals surface area contributed by atoms with Gasteiger partial charge in [-0.05, 0) is 138 Å². The van der Waals surface area contributed by atoms with E-state index in [0.29, 0.717) is 4.48 Å². The minimum Gasteiger partial charge on any atom is -0.354 e. The van der Waals surface area contributed by atoms with Gasteiger partial charge in [0, 0.05) is 33.2 Å². The summed E-state index contributed by atoms with van der Waals surface area (Å²) in [6.45, 7) is 0. The number of benzene rings is 3. The summed E-state index contributed by atoms with van der Waals surface area (Å²) in [5.74, 6) is 0. The molecule has 0 fully saturated rings. The first-order chi connectivity index (χ1) is 27.3. The molecule has 8 bridgehead atoms. The third-order valence-electron chi connectivity index (χ3n) is 11.2. The van der Waals surface area contributed by atoms with Gasteiger partial charge in [-0.1, -0.05) is 0 Å². The largest absolute Gasteiger partial charge is 0.354 e. The number of H-pyrrole nitrogens is 2. The van der Waals surface area contributed by atoms with Crippen molar-refractivity contribution in [3.63, 3.8) is 0 Å². The molecule has 0 unspecified atom stereocenters. The number of nitrogens with one attached hydrogen (secondary N) is 2. The minimum absolute atomic E-state index is 0.577. The molecular formula is C50H58N8+4. The fraction of sp³-hybridized carbons (Fsp3) is 0.240. The zero-order chi connectivity index (χ0) is 41.4. The van der Waals surface area contributed by atoms with Gasteiger partial charge >= 0.3 is 0 Å². The van der Waals surface area contributed by atoms with Gasteiger partial charge in [0.25, 0.3) is 0 Å². The molecule has 0 aliphatic carbocycles. The summed E-state index contributed by atoms with van der Waals surface area (Å²) in [4.78, 5) is 18.7. The lowest BCUT2D eigenvalue weighted by Crippen LogP contribution is -2.35. The van der Waals surface area contributed by atoms with Crippen LogP contribution < -0.4 is 17.9 Å². The molecule has 0 amide bonds. The van der Waals surface area contributed by atoms with Crippen LogP contribution in [0.15, 0.2) is 97.1 Å². The molecule has 294 valence electrons. The molecular weight excluding hydrogens is 713 g/mol. The first-order valence-corrected chi connectivity index (χ1v) is 20.0. The van der Waals surface area contributed by atoms with Crippen LogP contribution in [0.2, 0.25) is 0 Å². The van der Waals surface area contributed by atoms with Gasteiger partial charge in [0.2, 0.25) is 0 Å². The lowest BCUT2D eigenvalue weighted by atomic mass is 10.0. The van der Waals surface area contributed by atoms with Crippen molar-refractivity contribution in [1.29, 1.82) is 0 Å². The Morgan fingerprint density at radius 3 is 0.897 bits per heavy atom. The highest BCUT2D eigenvalue weighted by Crippen LogP contribution is 2.39. The highest BCUT2D eigenvalue weighted by atomic mass is 15.3. The molecule has 2 N–H and O–H groups in total. The van der Waals surface area contributed by atoms with Gasteiger partial charge in [0.05, 0.1) is 102 Å². The average molecular weight is 771 g/mol. The Bertz CT molecular complexity index is 2710. The van der Waals surface area contributed by atoms with Crippen molar-refractivity contribution < 1.29 is 0 Å². The monoisotopic (exact) mass is 770 g/mol. The smallest absolute Gasteiger partial charge is 0.181 e. The van der Waals surface area contributed by atoms with E-state index < -0.39 is 0 Å². The predicted octanol–water partition coefficient (Wildman–Crippen LogP) is 10.4. The highest BCUT2D eigenvalue weighted by molar-refractivity contribution is 5.99. The Balaban J connectivity index is 1.52.